The second-order valence-corrected chi connectivity index (χ2v) is 9.60. The highest BCUT2D eigenvalue weighted by Crippen LogP contribution is 2.29. The number of cyclic esters (lactones) is 1. The van der Waals surface area contributed by atoms with Crippen molar-refractivity contribution in [3.8, 4) is 0 Å². The maximum atomic E-state index is 12.4. The Morgan fingerprint density at radius 3 is 1.94 bits per heavy atom. The molecule has 0 saturated carbocycles. The summed E-state index contributed by atoms with van der Waals surface area (Å²) in [6.45, 7) is 6.23. The van der Waals surface area contributed by atoms with Crippen LogP contribution in [0.1, 0.15) is 29.2 Å². The highest BCUT2D eigenvalue weighted by atomic mass is 16.6. The van der Waals surface area contributed by atoms with Gasteiger partial charge in [0.2, 0.25) is 0 Å². The fourth-order valence-corrected chi connectivity index (χ4v) is 5.35. The number of ether oxygens (including phenoxy) is 1. The van der Waals surface area contributed by atoms with Crippen LogP contribution in [0.3, 0.4) is 0 Å². The molecule has 0 bridgehead atoms. The van der Waals surface area contributed by atoms with E-state index in [1.807, 2.05) is 11.0 Å². The number of rotatable bonds is 9. The zero-order chi connectivity index (χ0) is 23.9. The van der Waals surface area contributed by atoms with Crippen LogP contribution in [0.25, 0.3) is 0 Å². The molecule has 182 valence electrons. The zero-order valence-electron chi connectivity index (χ0n) is 20.3. The molecule has 2 saturated heterocycles. The summed E-state index contributed by atoms with van der Waals surface area (Å²) in [5, 5.41) is 0. The third-order valence-electron chi connectivity index (χ3n) is 7.15. The van der Waals surface area contributed by atoms with E-state index in [-0.39, 0.29) is 18.2 Å². The molecule has 2 fully saturated rings. The standard InChI is InChI=1S/C30H35N3O2/c34-30-33(18-10-13-25-11-4-1-5-12-25)24-28(35-30)23-31-19-21-32(22-20-31)29(26-14-6-2-7-15-26)27-16-8-3-9-17-27/h1-9,11-12,14-17,28-29H,10,13,18-24H2. The van der Waals surface area contributed by atoms with Crippen LogP contribution in [0, 0.1) is 0 Å². The molecule has 35 heavy (non-hydrogen) atoms. The molecule has 2 aliphatic rings. The van der Waals surface area contributed by atoms with E-state index in [9.17, 15) is 4.79 Å². The Morgan fingerprint density at radius 1 is 0.771 bits per heavy atom. The number of hydrogen-bond donors (Lipinski definition) is 0. The predicted octanol–water partition coefficient (Wildman–Crippen LogP) is 4.85. The number of carbonyl (C=O) groups is 1. The van der Waals surface area contributed by atoms with E-state index in [4.69, 9.17) is 4.74 Å². The highest BCUT2D eigenvalue weighted by Gasteiger charge is 2.33. The predicted molar refractivity (Wildman–Crippen MR) is 139 cm³/mol. The Kier molecular flexibility index (Phi) is 7.76. The van der Waals surface area contributed by atoms with E-state index in [0.717, 1.165) is 52.1 Å². The molecule has 3 aromatic carbocycles. The molecular weight excluding hydrogens is 434 g/mol. The summed E-state index contributed by atoms with van der Waals surface area (Å²) in [5.74, 6) is 0. The Balaban J connectivity index is 1.12. The van der Waals surface area contributed by atoms with E-state index in [2.05, 4.69) is 94.7 Å². The van der Waals surface area contributed by atoms with Crippen molar-refractivity contribution in [1.82, 2.24) is 14.7 Å². The van der Waals surface area contributed by atoms with Gasteiger partial charge in [0.15, 0.2) is 0 Å². The smallest absolute Gasteiger partial charge is 0.410 e. The normalized spacial score (nSPS) is 19.3. The van der Waals surface area contributed by atoms with Gasteiger partial charge in [-0.25, -0.2) is 4.79 Å². The van der Waals surface area contributed by atoms with E-state index in [1.165, 1.54) is 16.7 Å². The molecule has 1 amide bonds. The Bertz CT molecular complexity index is 1010. The Labute approximate surface area is 208 Å². The second-order valence-electron chi connectivity index (χ2n) is 9.60. The summed E-state index contributed by atoms with van der Waals surface area (Å²) in [4.78, 5) is 19.3. The van der Waals surface area contributed by atoms with Crippen molar-refractivity contribution < 1.29 is 9.53 Å². The van der Waals surface area contributed by atoms with Crippen molar-refractivity contribution in [2.24, 2.45) is 0 Å². The van der Waals surface area contributed by atoms with Crippen molar-refractivity contribution >= 4 is 6.09 Å². The lowest BCUT2D eigenvalue weighted by atomic mass is 9.96. The fraction of sp³-hybridized carbons (Fsp3) is 0.367. The lowest BCUT2D eigenvalue weighted by molar-refractivity contribution is 0.0670. The first-order valence-electron chi connectivity index (χ1n) is 12.8. The monoisotopic (exact) mass is 469 g/mol. The van der Waals surface area contributed by atoms with Crippen LogP contribution in [-0.4, -0.2) is 72.7 Å². The van der Waals surface area contributed by atoms with Crippen LogP contribution in [0.4, 0.5) is 4.79 Å². The maximum absolute atomic E-state index is 12.4. The Hall–Kier alpha value is -3.15. The van der Waals surface area contributed by atoms with Gasteiger partial charge in [-0.2, -0.15) is 0 Å². The first kappa shape index (κ1) is 23.6. The van der Waals surface area contributed by atoms with Crippen LogP contribution in [0.2, 0.25) is 0 Å². The Morgan fingerprint density at radius 2 is 1.34 bits per heavy atom. The van der Waals surface area contributed by atoms with E-state index < -0.39 is 0 Å². The molecule has 5 nitrogen and oxygen atoms in total. The molecule has 5 heteroatoms. The molecule has 2 aliphatic heterocycles. The highest BCUT2D eigenvalue weighted by molar-refractivity contribution is 5.69. The average Bonchev–Trinajstić information content (AvgIpc) is 3.25. The topological polar surface area (TPSA) is 36.0 Å². The molecule has 5 rings (SSSR count). The largest absolute Gasteiger partial charge is 0.443 e. The number of piperazine rings is 1. The molecular formula is C30H35N3O2. The van der Waals surface area contributed by atoms with Gasteiger partial charge in [0.25, 0.3) is 0 Å². The maximum Gasteiger partial charge on any atom is 0.410 e. The first-order chi connectivity index (χ1) is 17.3. The summed E-state index contributed by atoms with van der Waals surface area (Å²) in [7, 11) is 0. The lowest BCUT2D eigenvalue weighted by Crippen LogP contribution is -2.50. The van der Waals surface area contributed by atoms with Crippen LogP contribution >= 0.6 is 0 Å². The van der Waals surface area contributed by atoms with Crippen molar-refractivity contribution in [2.75, 3.05) is 45.8 Å². The van der Waals surface area contributed by atoms with E-state index >= 15 is 0 Å². The summed E-state index contributed by atoms with van der Waals surface area (Å²) < 4.78 is 5.72. The van der Waals surface area contributed by atoms with Crippen molar-refractivity contribution in [3.05, 3.63) is 108 Å². The molecule has 1 unspecified atom stereocenters. The van der Waals surface area contributed by atoms with Gasteiger partial charge in [0.05, 0.1) is 12.6 Å². The minimum atomic E-state index is -0.157. The van der Waals surface area contributed by atoms with Gasteiger partial charge in [-0.05, 0) is 29.5 Å². The molecule has 0 aromatic heterocycles. The van der Waals surface area contributed by atoms with Crippen LogP contribution in [-0.2, 0) is 11.2 Å². The lowest BCUT2D eigenvalue weighted by Gasteiger charge is -2.40. The van der Waals surface area contributed by atoms with Crippen LogP contribution in [0.5, 0.6) is 0 Å². The van der Waals surface area contributed by atoms with Gasteiger partial charge in [0, 0.05) is 39.3 Å². The molecule has 3 aromatic rings. The van der Waals surface area contributed by atoms with Crippen molar-refractivity contribution in [1.29, 1.82) is 0 Å². The average molecular weight is 470 g/mol. The number of benzene rings is 3. The molecule has 1 atom stereocenters. The quantitative estimate of drug-likeness (QED) is 0.449. The number of hydrogen-bond acceptors (Lipinski definition) is 4. The summed E-state index contributed by atoms with van der Waals surface area (Å²) in [6.07, 6.45) is 1.76. The molecule has 0 spiro atoms. The van der Waals surface area contributed by atoms with Crippen LogP contribution < -0.4 is 0 Å². The van der Waals surface area contributed by atoms with Gasteiger partial charge in [-0.3, -0.25) is 9.80 Å². The third kappa shape index (κ3) is 6.11. The van der Waals surface area contributed by atoms with Crippen LogP contribution in [0.15, 0.2) is 91.0 Å². The SMILES string of the molecule is O=C1OC(CN2CCN(C(c3ccccc3)c3ccccc3)CC2)CN1CCCc1ccccc1. The van der Waals surface area contributed by atoms with E-state index in [0.29, 0.717) is 6.54 Å². The molecule has 2 heterocycles. The minimum absolute atomic E-state index is 0.0372. The fourth-order valence-electron chi connectivity index (χ4n) is 5.35. The van der Waals surface area contributed by atoms with Gasteiger partial charge in [-0.15, -0.1) is 0 Å². The minimum Gasteiger partial charge on any atom is -0.443 e. The summed E-state index contributed by atoms with van der Waals surface area (Å²) in [5.41, 5.74) is 3.99. The summed E-state index contributed by atoms with van der Waals surface area (Å²) >= 11 is 0. The number of amides is 1. The molecule has 0 radical (unpaired) electrons. The molecule has 0 aliphatic carbocycles. The number of aryl methyl sites for hydroxylation is 1. The third-order valence-corrected chi connectivity index (χ3v) is 7.15. The first-order valence-corrected chi connectivity index (χ1v) is 12.8. The number of carbonyl (C=O) groups excluding carboxylic acids is 1. The zero-order valence-corrected chi connectivity index (χ0v) is 20.3. The van der Waals surface area contributed by atoms with Gasteiger partial charge < -0.3 is 9.64 Å². The van der Waals surface area contributed by atoms with E-state index in [1.54, 1.807) is 0 Å². The molecule has 0 N–H and O–H groups in total. The second kappa shape index (κ2) is 11.5. The summed E-state index contributed by atoms with van der Waals surface area (Å²) in [6, 6.07) is 32.3. The van der Waals surface area contributed by atoms with Gasteiger partial charge in [0.1, 0.15) is 6.10 Å². The number of nitrogens with zero attached hydrogens (tertiary/aromatic N) is 3. The van der Waals surface area contributed by atoms with Crippen molar-refractivity contribution in [3.63, 3.8) is 0 Å². The van der Waals surface area contributed by atoms with Gasteiger partial charge in [-0.1, -0.05) is 91.0 Å². The van der Waals surface area contributed by atoms with Crippen molar-refractivity contribution in [2.45, 2.75) is 25.0 Å². The van der Waals surface area contributed by atoms with Gasteiger partial charge >= 0.3 is 6.09 Å².